The van der Waals surface area contributed by atoms with Crippen LogP contribution in [0.4, 0.5) is 0 Å². The first-order valence-electron chi connectivity index (χ1n) is 7.80. The fourth-order valence-corrected chi connectivity index (χ4v) is 3.68. The molecule has 0 aliphatic heterocycles. The number of hydrogen-bond donors (Lipinski definition) is 1. The zero-order valence-corrected chi connectivity index (χ0v) is 13.8. The van der Waals surface area contributed by atoms with Gasteiger partial charge in [-0.15, -0.1) is 11.8 Å². The van der Waals surface area contributed by atoms with Crippen LogP contribution in [0, 0.1) is 0 Å². The summed E-state index contributed by atoms with van der Waals surface area (Å²) in [5, 5.41) is 3.26. The van der Waals surface area contributed by atoms with Crippen molar-refractivity contribution >= 4 is 17.7 Å². The molecule has 1 aliphatic rings. The van der Waals surface area contributed by atoms with E-state index in [2.05, 4.69) is 30.4 Å². The molecule has 0 heterocycles. The van der Waals surface area contributed by atoms with Crippen LogP contribution < -0.4 is 5.32 Å². The molecule has 0 spiro atoms. The van der Waals surface area contributed by atoms with Gasteiger partial charge < -0.3 is 10.1 Å². The monoisotopic (exact) mass is 307 g/mol. The second kappa shape index (κ2) is 8.44. The zero-order chi connectivity index (χ0) is 15.1. The smallest absolute Gasteiger partial charge is 0.322 e. The van der Waals surface area contributed by atoms with Crippen molar-refractivity contribution in [3.05, 3.63) is 29.3 Å². The number of hydrogen-bond acceptors (Lipinski definition) is 4. The molecule has 1 unspecified atom stereocenters. The van der Waals surface area contributed by atoms with E-state index in [1.54, 1.807) is 0 Å². The summed E-state index contributed by atoms with van der Waals surface area (Å²) in [6.45, 7) is 2.95. The lowest BCUT2D eigenvalue weighted by Crippen LogP contribution is -2.38. The van der Waals surface area contributed by atoms with Crippen molar-refractivity contribution < 1.29 is 9.53 Å². The third-order valence-corrected chi connectivity index (χ3v) is 4.90. The second-order valence-corrected chi connectivity index (χ2v) is 6.62. The van der Waals surface area contributed by atoms with Crippen LogP contribution >= 0.6 is 11.8 Å². The van der Waals surface area contributed by atoms with E-state index in [1.165, 1.54) is 42.4 Å². The van der Waals surface area contributed by atoms with Gasteiger partial charge in [0.05, 0.1) is 7.11 Å². The molecule has 0 fully saturated rings. The molecule has 1 aromatic rings. The van der Waals surface area contributed by atoms with Crippen LogP contribution in [0.15, 0.2) is 23.1 Å². The summed E-state index contributed by atoms with van der Waals surface area (Å²) >= 11 is 1.83. The predicted molar refractivity (Wildman–Crippen MR) is 87.9 cm³/mol. The van der Waals surface area contributed by atoms with Crippen molar-refractivity contribution in [2.45, 2.75) is 50.0 Å². The molecule has 116 valence electrons. The molecule has 0 amide bonds. The van der Waals surface area contributed by atoms with E-state index in [-0.39, 0.29) is 12.0 Å². The topological polar surface area (TPSA) is 38.3 Å². The Labute approximate surface area is 131 Å². The summed E-state index contributed by atoms with van der Waals surface area (Å²) in [4.78, 5) is 13.0. The van der Waals surface area contributed by atoms with E-state index in [1.807, 2.05) is 11.8 Å². The molecule has 0 saturated heterocycles. The molecular formula is C17H25NO2S. The molecule has 0 radical (unpaired) electrons. The van der Waals surface area contributed by atoms with E-state index in [4.69, 9.17) is 4.74 Å². The zero-order valence-electron chi connectivity index (χ0n) is 13.0. The van der Waals surface area contributed by atoms with Crippen LogP contribution in [0.2, 0.25) is 0 Å². The number of ether oxygens (including phenoxy) is 1. The Balaban J connectivity index is 1.82. The molecule has 4 heteroatoms. The molecule has 2 rings (SSSR count). The average Bonchev–Trinajstić information content (AvgIpc) is 2.97. The molecule has 1 aromatic carbocycles. The minimum absolute atomic E-state index is 0.155. The third kappa shape index (κ3) is 4.75. The molecular weight excluding hydrogens is 282 g/mol. The lowest BCUT2D eigenvalue weighted by Gasteiger charge is -2.15. The summed E-state index contributed by atoms with van der Waals surface area (Å²) in [6, 6.07) is 6.61. The van der Waals surface area contributed by atoms with Crippen molar-refractivity contribution in [3.8, 4) is 0 Å². The van der Waals surface area contributed by atoms with Crippen LogP contribution in [-0.4, -0.2) is 31.4 Å². The molecule has 0 saturated carbocycles. The third-order valence-electron chi connectivity index (χ3n) is 3.87. The first-order chi connectivity index (χ1) is 10.2. The molecule has 1 N–H and O–H groups in total. The maximum atomic E-state index is 11.7. The van der Waals surface area contributed by atoms with Gasteiger partial charge in [0.2, 0.25) is 0 Å². The normalized spacial score (nSPS) is 14.8. The van der Waals surface area contributed by atoms with Gasteiger partial charge in [0.1, 0.15) is 6.04 Å². The number of esters is 1. The van der Waals surface area contributed by atoms with Crippen molar-refractivity contribution in [3.63, 3.8) is 0 Å². The Kier molecular flexibility index (Phi) is 6.58. The van der Waals surface area contributed by atoms with Crippen molar-refractivity contribution in [2.24, 2.45) is 0 Å². The van der Waals surface area contributed by atoms with E-state index in [0.717, 1.165) is 25.1 Å². The molecule has 0 bridgehead atoms. The molecule has 3 nitrogen and oxygen atoms in total. The Hall–Kier alpha value is -1.00. The van der Waals surface area contributed by atoms with Gasteiger partial charge in [0.15, 0.2) is 0 Å². The standard InChI is InChI=1S/C17H25NO2S/c1-3-10-18-16(17(19)20-2)9-11-21-15-8-7-13-5-4-6-14(13)12-15/h7-8,12,16,18H,3-6,9-11H2,1-2H3. The van der Waals surface area contributed by atoms with Gasteiger partial charge in [0, 0.05) is 10.6 Å². The lowest BCUT2D eigenvalue weighted by atomic mass is 10.1. The highest BCUT2D eigenvalue weighted by Crippen LogP contribution is 2.28. The highest BCUT2D eigenvalue weighted by molar-refractivity contribution is 7.99. The van der Waals surface area contributed by atoms with Gasteiger partial charge in [-0.05, 0) is 61.9 Å². The van der Waals surface area contributed by atoms with Crippen LogP contribution in [-0.2, 0) is 22.4 Å². The van der Waals surface area contributed by atoms with E-state index < -0.39 is 0 Å². The summed E-state index contributed by atoms with van der Waals surface area (Å²) in [6.07, 6.45) is 5.55. The maximum Gasteiger partial charge on any atom is 0.322 e. The Morgan fingerprint density at radius 1 is 1.38 bits per heavy atom. The fraction of sp³-hybridized carbons (Fsp3) is 0.588. The van der Waals surface area contributed by atoms with Gasteiger partial charge >= 0.3 is 5.97 Å². The summed E-state index contributed by atoms with van der Waals surface area (Å²) < 4.78 is 4.86. The van der Waals surface area contributed by atoms with Gasteiger partial charge in [-0.2, -0.15) is 0 Å². The van der Waals surface area contributed by atoms with Crippen molar-refractivity contribution in [1.29, 1.82) is 0 Å². The first-order valence-corrected chi connectivity index (χ1v) is 8.79. The van der Waals surface area contributed by atoms with Gasteiger partial charge in [-0.3, -0.25) is 4.79 Å². The summed E-state index contributed by atoms with van der Waals surface area (Å²) in [7, 11) is 1.45. The van der Waals surface area contributed by atoms with E-state index in [9.17, 15) is 4.79 Å². The summed E-state index contributed by atoms with van der Waals surface area (Å²) in [5.41, 5.74) is 3.02. The number of benzene rings is 1. The Morgan fingerprint density at radius 3 is 2.95 bits per heavy atom. The largest absolute Gasteiger partial charge is 0.468 e. The number of fused-ring (bicyclic) bond motifs is 1. The number of methoxy groups -OCH3 is 1. The van der Waals surface area contributed by atoms with Crippen molar-refractivity contribution in [1.82, 2.24) is 5.32 Å². The highest BCUT2D eigenvalue weighted by atomic mass is 32.2. The number of carbonyl (C=O) groups is 1. The predicted octanol–water partition coefficient (Wildman–Crippen LogP) is 3.20. The Bertz CT molecular complexity index is 476. The molecule has 0 aromatic heterocycles. The quantitative estimate of drug-likeness (QED) is 0.591. The fourth-order valence-electron chi connectivity index (χ4n) is 2.70. The number of carbonyl (C=O) groups excluding carboxylic acids is 1. The number of rotatable bonds is 8. The van der Waals surface area contributed by atoms with E-state index >= 15 is 0 Å². The molecule has 1 aliphatic carbocycles. The SMILES string of the molecule is CCCNC(CCSc1ccc2c(c1)CCC2)C(=O)OC. The van der Waals surface area contributed by atoms with E-state index in [0.29, 0.717) is 0 Å². The number of aryl methyl sites for hydroxylation is 2. The average molecular weight is 307 g/mol. The van der Waals surface area contributed by atoms with Gasteiger partial charge in [-0.1, -0.05) is 13.0 Å². The van der Waals surface area contributed by atoms with Gasteiger partial charge in [-0.25, -0.2) is 0 Å². The van der Waals surface area contributed by atoms with Crippen LogP contribution in [0.1, 0.15) is 37.3 Å². The minimum Gasteiger partial charge on any atom is -0.468 e. The number of nitrogens with one attached hydrogen (secondary N) is 1. The second-order valence-electron chi connectivity index (χ2n) is 5.45. The van der Waals surface area contributed by atoms with Crippen molar-refractivity contribution in [2.75, 3.05) is 19.4 Å². The summed E-state index contributed by atoms with van der Waals surface area (Å²) in [5.74, 6) is 0.771. The maximum absolute atomic E-state index is 11.7. The highest BCUT2D eigenvalue weighted by Gasteiger charge is 2.18. The van der Waals surface area contributed by atoms with Gasteiger partial charge in [0.25, 0.3) is 0 Å². The van der Waals surface area contributed by atoms with Crippen LogP contribution in [0.3, 0.4) is 0 Å². The van der Waals surface area contributed by atoms with Crippen LogP contribution in [0.5, 0.6) is 0 Å². The lowest BCUT2D eigenvalue weighted by molar-refractivity contribution is -0.143. The Morgan fingerprint density at radius 2 is 2.19 bits per heavy atom. The number of thioether (sulfide) groups is 1. The molecule has 1 atom stereocenters. The minimum atomic E-state index is -0.183. The van der Waals surface area contributed by atoms with Crippen LogP contribution in [0.25, 0.3) is 0 Å². The molecule has 21 heavy (non-hydrogen) atoms. The first kappa shape index (κ1) is 16.4.